The molecule has 6 nitrogen and oxygen atoms in total. The Morgan fingerprint density at radius 2 is 1.81 bits per heavy atom. The number of hydrogen-bond donors (Lipinski definition) is 0. The number of rotatable bonds is 4. The Bertz CT molecular complexity index is 734. The van der Waals surface area contributed by atoms with Gasteiger partial charge in [0.15, 0.2) is 5.78 Å². The van der Waals surface area contributed by atoms with Crippen molar-refractivity contribution < 1.29 is 19.1 Å². The molecule has 0 saturated heterocycles. The summed E-state index contributed by atoms with van der Waals surface area (Å²) in [6.07, 6.45) is 0.878. The van der Waals surface area contributed by atoms with Gasteiger partial charge in [-0.3, -0.25) is 9.59 Å². The standard InChI is InChI=1S/C21H28N2O4/c1-14(15-10-7-6-8-11-15)19(25)18-16(12-9-13-17(18)24)22-23(5)20(26)27-21(2,3)4/h6-8,10-11,14,18H,9,12-13H2,1-5H3/b22-16-. The van der Waals surface area contributed by atoms with Crippen molar-refractivity contribution >= 4 is 23.4 Å². The minimum atomic E-state index is -0.904. The molecule has 2 atom stereocenters. The predicted molar refractivity (Wildman–Crippen MR) is 104 cm³/mol. The molecule has 2 unspecified atom stereocenters. The lowest BCUT2D eigenvalue weighted by Crippen LogP contribution is -2.40. The molecule has 1 amide bonds. The third-order valence-electron chi connectivity index (χ3n) is 4.46. The van der Waals surface area contributed by atoms with Crippen LogP contribution in [0, 0.1) is 5.92 Å². The van der Waals surface area contributed by atoms with Crippen LogP contribution in [0.2, 0.25) is 0 Å². The number of carbonyl (C=O) groups excluding carboxylic acids is 3. The highest BCUT2D eigenvalue weighted by Gasteiger charge is 2.37. The van der Waals surface area contributed by atoms with E-state index in [4.69, 9.17) is 4.74 Å². The summed E-state index contributed by atoms with van der Waals surface area (Å²) in [7, 11) is 1.47. The van der Waals surface area contributed by atoms with Crippen molar-refractivity contribution in [3.8, 4) is 0 Å². The molecular formula is C21H28N2O4. The molecule has 0 spiro atoms. The molecule has 0 heterocycles. The van der Waals surface area contributed by atoms with Crippen molar-refractivity contribution in [1.29, 1.82) is 0 Å². The lowest BCUT2D eigenvalue weighted by molar-refractivity contribution is -0.131. The van der Waals surface area contributed by atoms with E-state index in [0.717, 1.165) is 10.6 Å². The second-order valence-corrected chi connectivity index (χ2v) is 7.88. The smallest absolute Gasteiger partial charge is 0.430 e. The summed E-state index contributed by atoms with van der Waals surface area (Å²) in [4.78, 5) is 37.8. The van der Waals surface area contributed by atoms with E-state index in [9.17, 15) is 14.4 Å². The van der Waals surface area contributed by atoms with Gasteiger partial charge in [0.05, 0.1) is 5.71 Å². The number of amides is 1. The largest absolute Gasteiger partial charge is 0.442 e. The third kappa shape index (κ3) is 5.49. The van der Waals surface area contributed by atoms with Crippen molar-refractivity contribution in [3.05, 3.63) is 35.9 Å². The fourth-order valence-corrected chi connectivity index (χ4v) is 3.07. The van der Waals surface area contributed by atoms with E-state index in [2.05, 4.69) is 5.10 Å². The van der Waals surface area contributed by atoms with Gasteiger partial charge in [0.2, 0.25) is 0 Å². The van der Waals surface area contributed by atoms with Crippen LogP contribution in [0.5, 0.6) is 0 Å². The molecule has 1 aromatic carbocycles. The predicted octanol–water partition coefficient (Wildman–Crippen LogP) is 3.95. The lowest BCUT2D eigenvalue weighted by atomic mass is 9.78. The van der Waals surface area contributed by atoms with Gasteiger partial charge in [0.25, 0.3) is 0 Å². The van der Waals surface area contributed by atoms with Crippen molar-refractivity contribution in [2.75, 3.05) is 7.05 Å². The van der Waals surface area contributed by atoms with Crippen LogP contribution in [0.15, 0.2) is 35.4 Å². The molecule has 1 aromatic rings. The lowest BCUT2D eigenvalue weighted by Gasteiger charge is -2.27. The van der Waals surface area contributed by atoms with E-state index in [1.807, 2.05) is 30.3 Å². The molecular weight excluding hydrogens is 344 g/mol. The van der Waals surface area contributed by atoms with Gasteiger partial charge in [-0.2, -0.15) is 5.10 Å². The molecule has 1 fully saturated rings. The summed E-state index contributed by atoms with van der Waals surface area (Å²) >= 11 is 0. The van der Waals surface area contributed by atoms with E-state index < -0.39 is 23.5 Å². The number of benzene rings is 1. The van der Waals surface area contributed by atoms with Crippen molar-refractivity contribution in [1.82, 2.24) is 5.01 Å². The average Bonchev–Trinajstić information content (AvgIpc) is 2.60. The average molecular weight is 372 g/mol. The zero-order valence-corrected chi connectivity index (χ0v) is 16.7. The Labute approximate surface area is 160 Å². The quantitative estimate of drug-likeness (QED) is 0.592. The SMILES string of the molecule is CC(C(=O)C1C(=O)CCC/C1=N/N(C)C(=O)OC(C)(C)C)c1ccccc1. The van der Waals surface area contributed by atoms with Gasteiger partial charge >= 0.3 is 6.09 Å². The molecule has 0 aliphatic heterocycles. The van der Waals surface area contributed by atoms with E-state index >= 15 is 0 Å². The molecule has 0 aromatic heterocycles. The fourth-order valence-electron chi connectivity index (χ4n) is 3.07. The van der Waals surface area contributed by atoms with Gasteiger partial charge in [-0.15, -0.1) is 0 Å². The van der Waals surface area contributed by atoms with E-state index in [1.54, 1.807) is 27.7 Å². The minimum absolute atomic E-state index is 0.134. The highest BCUT2D eigenvalue weighted by molar-refractivity contribution is 6.23. The first kappa shape index (κ1) is 20.8. The van der Waals surface area contributed by atoms with Gasteiger partial charge in [-0.1, -0.05) is 37.3 Å². The first-order valence-corrected chi connectivity index (χ1v) is 9.25. The molecule has 1 saturated carbocycles. The molecule has 2 rings (SSSR count). The fraction of sp³-hybridized carbons (Fsp3) is 0.524. The Morgan fingerprint density at radius 1 is 1.19 bits per heavy atom. The van der Waals surface area contributed by atoms with Crippen LogP contribution in [0.25, 0.3) is 0 Å². The van der Waals surface area contributed by atoms with E-state index in [0.29, 0.717) is 25.0 Å². The first-order valence-electron chi connectivity index (χ1n) is 9.25. The van der Waals surface area contributed by atoms with E-state index in [1.165, 1.54) is 7.05 Å². The number of hydrogen-bond acceptors (Lipinski definition) is 5. The van der Waals surface area contributed by atoms with Crippen LogP contribution in [-0.4, -0.2) is 41.0 Å². The van der Waals surface area contributed by atoms with E-state index in [-0.39, 0.29) is 11.6 Å². The number of ether oxygens (including phenoxy) is 1. The van der Waals surface area contributed by atoms with Crippen LogP contribution < -0.4 is 0 Å². The maximum atomic E-state index is 13.1. The second kappa shape index (κ2) is 8.46. The number of Topliss-reactive ketones (excluding diaryl/α,β-unsaturated/α-hetero) is 2. The number of carbonyl (C=O) groups is 3. The Hall–Kier alpha value is -2.50. The topological polar surface area (TPSA) is 76.0 Å². The Balaban J connectivity index is 2.25. The van der Waals surface area contributed by atoms with Crippen molar-refractivity contribution in [3.63, 3.8) is 0 Å². The normalized spacial score (nSPS) is 20.3. The summed E-state index contributed by atoms with van der Waals surface area (Å²) < 4.78 is 5.29. The maximum Gasteiger partial charge on any atom is 0.430 e. The van der Waals surface area contributed by atoms with Crippen LogP contribution in [0.1, 0.15) is 58.4 Å². The summed E-state index contributed by atoms with van der Waals surface area (Å²) in [6.45, 7) is 7.10. The van der Waals surface area contributed by atoms with Gasteiger partial charge in [0.1, 0.15) is 17.3 Å². The van der Waals surface area contributed by atoms with Gasteiger partial charge < -0.3 is 4.74 Å². The molecule has 0 bridgehead atoms. The molecule has 1 aliphatic carbocycles. The molecule has 0 N–H and O–H groups in total. The van der Waals surface area contributed by atoms with Crippen LogP contribution in [0.3, 0.4) is 0 Å². The zero-order valence-electron chi connectivity index (χ0n) is 16.7. The number of ketones is 2. The molecule has 0 radical (unpaired) electrons. The number of hydrazone groups is 1. The summed E-state index contributed by atoms with van der Waals surface area (Å²) in [5.41, 5.74) is 0.651. The zero-order chi connectivity index (χ0) is 20.2. The highest BCUT2D eigenvalue weighted by atomic mass is 16.6. The van der Waals surface area contributed by atoms with Crippen LogP contribution in [0.4, 0.5) is 4.79 Å². The maximum absolute atomic E-state index is 13.1. The highest BCUT2D eigenvalue weighted by Crippen LogP contribution is 2.27. The summed E-state index contributed by atoms with van der Waals surface area (Å²) in [5.74, 6) is -1.64. The Morgan fingerprint density at radius 3 is 2.41 bits per heavy atom. The third-order valence-corrected chi connectivity index (χ3v) is 4.46. The van der Waals surface area contributed by atoms with Gasteiger partial charge in [-0.25, -0.2) is 9.80 Å². The van der Waals surface area contributed by atoms with Crippen molar-refractivity contribution in [2.24, 2.45) is 11.0 Å². The molecule has 6 heteroatoms. The first-order chi connectivity index (χ1) is 12.6. The number of nitrogens with zero attached hydrogens (tertiary/aromatic N) is 2. The minimum Gasteiger partial charge on any atom is -0.442 e. The monoisotopic (exact) mass is 372 g/mol. The molecule has 1 aliphatic rings. The van der Waals surface area contributed by atoms with Crippen molar-refractivity contribution in [2.45, 2.75) is 58.5 Å². The Kier molecular flexibility index (Phi) is 6.52. The molecule has 146 valence electrons. The summed E-state index contributed by atoms with van der Waals surface area (Å²) in [6, 6.07) is 9.37. The van der Waals surface area contributed by atoms with Gasteiger partial charge in [0, 0.05) is 19.4 Å². The summed E-state index contributed by atoms with van der Waals surface area (Å²) in [5, 5.41) is 5.36. The second-order valence-electron chi connectivity index (χ2n) is 7.88. The van der Waals surface area contributed by atoms with Crippen LogP contribution >= 0.6 is 0 Å². The van der Waals surface area contributed by atoms with Crippen LogP contribution in [-0.2, 0) is 14.3 Å². The van der Waals surface area contributed by atoms with Gasteiger partial charge in [-0.05, 0) is 39.2 Å². The molecule has 27 heavy (non-hydrogen) atoms.